The van der Waals surface area contributed by atoms with E-state index in [1.54, 1.807) is 31.2 Å². The highest BCUT2D eigenvalue weighted by Crippen LogP contribution is 2.12. The van der Waals surface area contributed by atoms with E-state index in [1.807, 2.05) is 0 Å². The van der Waals surface area contributed by atoms with Gasteiger partial charge in [-0.15, -0.1) is 0 Å². The Kier molecular flexibility index (Phi) is 10.8. The van der Waals surface area contributed by atoms with E-state index in [0.717, 1.165) is 12.8 Å². The van der Waals surface area contributed by atoms with Crippen molar-refractivity contribution in [3.63, 3.8) is 0 Å². The summed E-state index contributed by atoms with van der Waals surface area (Å²) in [5, 5.41) is 2.62. The van der Waals surface area contributed by atoms with Gasteiger partial charge >= 0.3 is 5.97 Å². The molecule has 0 fully saturated rings. The number of hydrogen-bond acceptors (Lipinski definition) is 3. The van der Waals surface area contributed by atoms with Crippen LogP contribution in [0.15, 0.2) is 24.3 Å². The highest BCUT2D eigenvalue weighted by Gasteiger charge is 2.17. The van der Waals surface area contributed by atoms with Crippen molar-refractivity contribution in [3.8, 4) is 0 Å². The molecule has 0 heterocycles. The van der Waals surface area contributed by atoms with Gasteiger partial charge in [-0.3, -0.25) is 4.79 Å². The molecule has 1 aromatic rings. The van der Waals surface area contributed by atoms with Gasteiger partial charge in [-0.2, -0.15) is 0 Å². The van der Waals surface area contributed by atoms with Crippen LogP contribution in [0.2, 0.25) is 0 Å². The van der Waals surface area contributed by atoms with Gasteiger partial charge in [0.15, 0.2) is 5.69 Å². The molecule has 0 aliphatic carbocycles. The first-order valence-electron chi connectivity index (χ1n) is 9.53. The Labute approximate surface area is 156 Å². The van der Waals surface area contributed by atoms with Crippen LogP contribution < -0.4 is 5.32 Å². The predicted molar refractivity (Wildman–Crippen MR) is 103 cm³/mol. The Hall–Kier alpha value is -2.35. The van der Waals surface area contributed by atoms with Crippen LogP contribution in [0.25, 0.3) is 4.85 Å². The van der Waals surface area contributed by atoms with E-state index in [2.05, 4.69) is 17.1 Å². The van der Waals surface area contributed by atoms with Crippen LogP contribution >= 0.6 is 0 Å². The quantitative estimate of drug-likeness (QED) is 0.323. The number of nitrogens with one attached hydrogen (secondary N) is 1. The van der Waals surface area contributed by atoms with Gasteiger partial charge in [-0.05, 0) is 13.3 Å². The van der Waals surface area contributed by atoms with E-state index in [0.29, 0.717) is 17.9 Å². The molecule has 0 spiro atoms. The summed E-state index contributed by atoms with van der Waals surface area (Å²) >= 11 is 0. The van der Waals surface area contributed by atoms with Gasteiger partial charge < -0.3 is 10.1 Å². The molecule has 142 valence electrons. The molecule has 1 aromatic carbocycles. The molecule has 1 N–H and O–H groups in total. The number of hydrogen-bond donors (Lipinski definition) is 1. The SMILES string of the molecule is [C-]#[N+]c1ccc(C(=O)N[C@H](C)C(=O)OCCCCCCCCCC)cc1. The lowest BCUT2D eigenvalue weighted by Crippen LogP contribution is -2.39. The number of nitrogens with zero attached hydrogens (tertiary/aromatic N) is 1. The second kappa shape index (κ2) is 12.9. The second-order valence-corrected chi connectivity index (χ2v) is 6.50. The maximum Gasteiger partial charge on any atom is 0.328 e. The first-order chi connectivity index (χ1) is 12.6. The number of ether oxygens (including phenoxy) is 1. The summed E-state index contributed by atoms with van der Waals surface area (Å²) in [4.78, 5) is 27.3. The lowest BCUT2D eigenvalue weighted by atomic mass is 10.1. The minimum atomic E-state index is -0.697. The number of esters is 1. The molecule has 0 radical (unpaired) electrons. The third-order valence-electron chi connectivity index (χ3n) is 4.20. The molecule has 1 rings (SSSR count). The third kappa shape index (κ3) is 8.66. The fourth-order valence-electron chi connectivity index (χ4n) is 2.56. The molecule has 1 atom stereocenters. The van der Waals surface area contributed by atoms with Crippen LogP contribution in [0.4, 0.5) is 5.69 Å². The number of carbonyl (C=O) groups is 2. The summed E-state index contributed by atoms with van der Waals surface area (Å²) in [6.45, 7) is 11.1. The van der Waals surface area contributed by atoms with E-state index in [4.69, 9.17) is 11.3 Å². The molecule has 0 aliphatic rings. The predicted octanol–water partition coefficient (Wildman–Crippen LogP) is 5.04. The first kappa shape index (κ1) is 21.7. The maximum absolute atomic E-state index is 12.1. The summed E-state index contributed by atoms with van der Waals surface area (Å²) < 4.78 is 5.23. The van der Waals surface area contributed by atoms with E-state index in [1.165, 1.54) is 38.5 Å². The molecule has 0 saturated heterocycles. The standard InChI is InChI=1S/C21H30N2O3/c1-4-5-6-7-8-9-10-11-16-26-21(25)17(2)23-20(24)18-12-14-19(22-3)15-13-18/h12-15,17H,4-11,16H2,1-2H3,(H,23,24)/t17-/m1/s1. The van der Waals surface area contributed by atoms with Crippen LogP contribution in [0.3, 0.4) is 0 Å². The molecule has 5 heteroatoms. The average molecular weight is 358 g/mol. The van der Waals surface area contributed by atoms with Gasteiger partial charge in [0.1, 0.15) is 6.04 Å². The fraction of sp³-hybridized carbons (Fsp3) is 0.571. The van der Waals surface area contributed by atoms with Crippen LogP contribution in [-0.2, 0) is 9.53 Å². The lowest BCUT2D eigenvalue weighted by molar-refractivity contribution is -0.145. The summed E-state index contributed by atoms with van der Waals surface area (Å²) in [5.74, 6) is -0.767. The third-order valence-corrected chi connectivity index (χ3v) is 4.20. The average Bonchev–Trinajstić information content (AvgIpc) is 2.66. The number of rotatable bonds is 12. The van der Waals surface area contributed by atoms with Crippen molar-refractivity contribution < 1.29 is 14.3 Å². The van der Waals surface area contributed by atoms with E-state index >= 15 is 0 Å². The van der Waals surface area contributed by atoms with Crippen molar-refractivity contribution in [2.45, 2.75) is 71.3 Å². The van der Waals surface area contributed by atoms with E-state index in [-0.39, 0.29) is 5.91 Å². The maximum atomic E-state index is 12.1. The van der Waals surface area contributed by atoms with Gasteiger partial charge in [0.25, 0.3) is 5.91 Å². The molecule has 0 aromatic heterocycles. The Morgan fingerprint density at radius 3 is 2.19 bits per heavy atom. The minimum absolute atomic E-state index is 0.349. The zero-order valence-electron chi connectivity index (χ0n) is 15.9. The van der Waals surface area contributed by atoms with Crippen LogP contribution in [0.1, 0.15) is 75.6 Å². The molecule has 5 nitrogen and oxygen atoms in total. The number of benzene rings is 1. The topological polar surface area (TPSA) is 59.8 Å². The summed E-state index contributed by atoms with van der Waals surface area (Å²) in [7, 11) is 0. The van der Waals surface area contributed by atoms with Crippen LogP contribution in [0, 0.1) is 6.57 Å². The van der Waals surface area contributed by atoms with Crippen molar-refractivity contribution in [3.05, 3.63) is 41.2 Å². The fourth-order valence-corrected chi connectivity index (χ4v) is 2.56. The molecule has 0 unspecified atom stereocenters. The first-order valence-corrected chi connectivity index (χ1v) is 9.53. The van der Waals surface area contributed by atoms with E-state index in [9.17, 15) is 9.59 Å². The Morgan fingerprint density at radius 1 is 1.04 bits per heavy atom. The van der Waals surface area contributed by atoms with E-state index < -0.39 is 12.0 Å². The Balaban J connectivity index is 2.18. The summed E-state index contributed by atoms with van der Waals surface area (Å²) in [6.07, 6.45) is 9.51. The molecular weight excluding hydrogens is 328 g/mol. The molecule has 26 heavy (non-hydrogen) atoms. The lowest BCUT2D eigenvalue weighted by Gasteiger charge is -2.13. The van der Waals surface area contributed by atoms with Crippen LogP contribution in [0.5, 0.6) is 0 Å². The Bertz CT molecular complexity index is 590. The molecule has 1 amide bonds. The second-order valence-electron chi connectivity index (χ2n) is 6.50. The van der Waals surface area contributed by atoms with Crippen molar-refractivity contribution >= 4 is 17.6 Å². The van der Waals surface area contributed by atoms with Crippen molar-refractivity contribution in [1.29, 1.82) is 0 Å². The monoisotopic (exact) mass is 358 g/mol. The highest BCUT2D eigenvalue weighted by molar-refractivity contribution is 5.96. The molecule has 0 aliphatic heterocycles. The zero-order chi connectivity index (χ0) is 19.2. The Morgan fingerprint density at radius 2 is 1.62 bits per heavy atom. The minimum Gasteiger partial charge on any atom is -0.464 e. The molecular formula is C21H30N2O3. The summed E-state index contributed by atoms with van der Waals surface area (Å²) in [6, 6.07) is 5.60. The number of amides is 1. The largest absolute Gasteiger partial charge is 0.464 e. The van der Waals surface area contributed by atoms with Gasteiger partial charge in [0.2, 0.25) is 0 Å². The van der Waals surface area contributed by atoms with Gasteiger partial charge in [0, 0.05) is 5.56 Å². The van der Waals surface area contributed by atoms with Gasteiger partial charge in [-0.25, -0.2) is 9.64 Å². The molecule has 0 saturated carbocycles. The number of carbonyl (C=O) groups excluding carboxylic acids is 2. The van der Waals surface area contributed by atoms with Gasteiger partial charge in [0.05, 0.1) is 13.2 Å². The normalized spacial score (nSPS) is 11.4. The van der Waals surface area contributed by atoms with Gasteiger partial charge in [-0.1, -0.05) is 76.1 Å². The van der Waals surface area contributed by atoms with Crippen molar-refractivity contribution in [1.82, 2.24) is 5.32 Å². The van der Waals surface area contributed by atoms with Crippen molar-refractivity contribution in [2.75, 3.05) is 6.61 Å². The number of unbranched alkanes of at least 4 members (excludes halogenated alkanes) is 7. The zero-order valence-corrected chi connectivity index (χ0v) is 15.9. The van der Waals surface area contributed by atoms with Crippen molar-refractivity contribution in [2.24, 2.45) is 0 Å². The summed E-state index contributed by atoms with van der Waals surface area (Å²) in [5.41, 5.74) is 0.888. The van der Waals surface area contributed by atoms with Crippen LogP contribution in [-0.4, -0.2) is 24.5 Å². The molecule has 0 bridgehead atoms. The smallest absolute Gasteiger partial charge is 0.328 e. The highest BCUT2D eigenvalue weighted by atomic mass is 16.5.